The maximum atomic E-state index is 12.6. The quantitative estimate of drug-likeness (QED) is 0.0466. The third-order valence-corrected chi connectivity index (χ3v) is 7.71. The molecule has 0 aromatic heterocycles. The lowest BCUT2D eigenvalue weighted by atomic mass is 10.1. The number of aliphatic carboxylic acids is 1. The third kappa shape index (κ3) is 34.1. The maximum absolute atomic E-state index is 12.6. The fourth-order valence-electron chi connectivity index (χ4n) is 5.03. The van der Waals surface area contributed by atoms with E-state index in [1.54, 1.807) is 0 Å². The van der Waals surface area contributed by atoms with Gasteiger partial charge in [-0.1, -0.05) is 139 Å². The van der Waals surface area contributed by atoms with Crippen molar-refractivity contribution in [3.05, 3.63) is 60.8 Å². The zero-order valence-corrected chi connectivity index (χ0v) is 28.7. The molecule has 0 heterocycles. The number of carbonyl (C=O) groups is 2. The van der Waals surface area contributed by atoms with Gasteiger partial charge >= 0.3 is 11.9 Å². The van der Waals surface area contributed by atoms with E-state index in [-0.39, 0.29) is 18.5 Å². The Hall–Kier alpha value is -2.36. The SMILES string of the molecule is CC/C=C\C/C=C\C/C=C\C(CCCCCCCCC(=O)O)OC(=O)CCCCCCCCC/C=C\C/C=C\CCCCC. The predicted octanol–water partition coefficient (Wildman–Crippen LogP) is 12.6. The number of allylic oxidation sites excluding steroid dienone is 9. The Morgan fingerprint density at radius 2 is 1.02 bits per heavy atom. The van der Waals surface area contributed by atoms with Crippen LogP contribution in [0.25, 0.3) is 0 Å². The summed E-state index contributed by atoms with van der Waals surface area (Å²) in [6, 6.07) is 0. The number of carbonyl (C=O) groups excluding carboxylic acids is 1. The highest BCUT2D eigenvalue weighted by Crippen LogP contribution is 2.15. The van der Waals surface area contributed by atoms with E-state index in [9.17, 15) is 9.59 Å². The molecule has 0 fully saturated rings. The highest BCUT2D eigenvalue weighted by atomic mass is 16.5. The molecule has 0 aliphatic rings. The Labute approximate surface area is 272 Å². The summed E-state index contributed by atoms with van der Waals surface area (Å²) in [6.07, 6.45) is 48.2. The number of rotatable bonds is 32. The average Bonchev–Trinajstić information content (AvgIpc) is 3.01. The van der Waals surface area contributed by atoms with Gasteiger partial charge in [-0.15, -0.1) is 0 Å². The molecule has 0 aliphatic carbocycles. The van der Waals surface area contributed by atoms with Gasteiger partial charge in [0.15, 0.2) is 0 Å². The maximum Gasteiger partial charge on any atom is 0.306 e. The van der Waals surface area contributed by atoms with E-state index in [0.717, 1.165) is 83.5 Å². The van der Waals surface area contributed by atoms with E-state index in [2.05, 4.69) is 74.6 Å². The van der Waals surface area contributed by atoms with E-state index in [4.69, 9.17) is 9.84 Å². The summed E-state index contributed by atoms with van der Waals surface area (Å²) in [4.78, 5) is 23.2. The first kappa shape index (κ1) is 41.6. The van der Waals surface area contributed by atoms with Crippen LogP contribution in [0.4, 0.5) is 0 Å². The number of carboxylic acids is 1. The van der Waals surface area contributed by atoms with Gasteiger partial charge in [0, 0.05) is 12.8 Å². The van der Waals surface area contributed by atoms with Crippen LogP contribution in [0.3, 0.4) is 0 Å². The van der Waals surface area contributed by atoms with Crippen LogP contribution in [0.1, 0.15) is 174 Å². The molecule has 0 aromatic rings. The zero-order valence-electron chi connectivity index (χ0n) is 28.7. The first-order valence-electron chi connectivity index (χ1n) is 18.3. The Morgan fingerprint density at radius 1 is 0.545 bits per heavy atom. The fraction of sp³-hybridized carbons (Fsp3) is 0.700. The van der Waals surface area contributed by atoms with Crippen LogP contribution in [-0.4, -0.2) is 23.1 Å². The summed E-state index contributed by atoms with van der Waals surface area (Å²) in [5.41, 5.74) is 0. The minimum atomic E-state index is -0.709. The molecule has 0 amide bonds. The highest BCUT2D eigenvalue weighted by molar-refractivity contribution is 5.69. The largest absolute Gasteiger partial charge is 0.481 e. The van der Waals surface area contributed by atoms with Gasteiger partial charge in [-0.05, 0) is 83.1 Å². The molecule has 0 saturated carbocycles. The van der Waals surface area contributed by atoms with Crippen LogP contribution in [0, 0.1) is 0 Å². The molecule has 0 rings (SSSR count). The summed E-state index contributed by atoms with van der Waals surface area (Å²) in [5, 5.41) is 8.76. The highest BCUT2D eigenvalue weighted by Gasteiger charge is 2.11. The second-order valence-corrected chi connectivity index (χ2v) is 12.0. The molecule has 0 spiro atoms. The number of carboxylic acid groups (broad SMARTS) is 1. The molecule has 0 saturated heterocycles. The average molecular weight is 613 g/mol. The third-order valence-electron chi connectivity index (χ3n) is 7.71. The fourth-order valence-corrected chi connectivity index (χ4v) is 5.03. The molecule has 1 atom stereocenters. The van der Waals surface area contributed by atoms with Gasteiger partial charge in [0.2, 0.25) is 0 Å². The van der Waals surface area contributed by atoms with Crippen LogP contribution < -0.4 is 0 Å². The van der Waals surface area contributed by atoms with Gasteiger partial charge in [-0.3, -0.25) is 9.59 Å². The second-order valence-electron chi connectivity index (χ2n) is 12.0. The van der Waals surface area contributed by atoms with Crippen LogP contribution in [0.2, 0.25) is 0 Å². The van der Waals surface area contributed by atoms with Crippen molar-refractivity contribution in [2.45, 2.75) is 180 Å². The normalized spacial score (nSPS) is 13.0. The van der Waals surface area contributed by atoms with Crippen LogP contribution in [0.5, 0.6) is 0 Å². The second kappa shape index (κ2) is 35.1. The Kier molecular flexibility index (Phi) is 33.2. The van der Waals surface area contributed by atoms with E-state index >= 15 is 0 Å². The molecule has 0 bridgehead atoms. The van der Waals surface area contributed by atoms with Gasteiger partial charge in [0.25, 0.3) is 0 Å². The number of hydrogen-bond donors (Lipinski definition) is 1. The molecule has 1 N–H and O–H groups in total. The van der Waals surface area contributed by atoms with Crippen molar-refractivity contribution < 1.29 is 19.4 Å². The van der Waals surface area contributed by atoms with Crippen LogP contribution >= 0.6 is 0 Å². The molecule has 0 aliphatic heterocycles. The Balaban J connectivity index is 4.10. The lowest BCUT2D eigenvalue weighted by molar-refractivity contribution is -0.147. The number of ether oxygens (including phenoxy) is 1. The molecular weight excluding hydrogens is 544 g/mol. The van der Waals surface area contributed by atoms with Crippen molar-refractivity contribution in [3.63, 3.8) is 0 Å². The molecular formula is C40H68O4. The topological polar surface area (TPSA) is 63.6 Å². The lowest BCUT2D eigenvalue weighted by Gasteiger charge is -2.14. The summed E-state index contributed by atoms with van der Waals surface area (Å²) in [5.74, 6) is -0.782. The summed E-state index contributed by atoms with van der Waals surface area (Å²) < 4.78 is 5.87. The minimum absolute atomic E-state index is 0.0730. The molecule has 44 heavy (non-hydrogen) atoms. The predicted molar refractivity (Wildman–Crippen MR) is 190 cm³/mol. The van der Waals surface area contributed by atoms with E-state index in [1.807, 2.05) is 0 Å². The molecule has 4 nitrogen and oxygen atoms in total. The van der Waals surface area contributed by atoms with Gasteiger partial charge < -0.3 is 9.84 Å². The summed E-state index contributed by atoms with van der Waals surface area (Å²) in [6.45, 7) is 4.39. The Bertz CT molecular complexity index is 789. The number of hydrogen-bond acceptors (Lipinski definition) is 3. The lowest BCUT2D eigenvalue weighted by Crippen LogP contribution is -2.16. The minimum Gasteiger partial charge on any atom is -0.481 e. The molecule has 1 unspecified atom stereocenters. The van der Waals surface area contributed by atoms with E-state index < -0.39 is 5.97 Å². The molecule has 252 valence electrons. The first-order valence-corrected chi connectivity index (χ1v) is 18.3. The van der Waals surface area contributed by atoms with Crippen molar-refractivity contribution in [2.75, 3.05) is 0 Å². The standard InChI is InChI=1S/C40H68O4/c1-3-5-7-9-11-13-14-15-16-17-18-19-20-21-23-29-33-37-40(43)44-38(34-30-26-22-12-10-8-6-4-2)35-31-27-24-25-28-32-36-39(41)42/h6,8,11-13,15-16,22,30,34,38H,3-5,7,9-10,14,17-21,23-29,31-33,35-37H2,1-2H3,(H,41,42)/b8-6-,13-11-,16-15-,22-12-,34-30-. The van der Waals surface area contributed by atoms with E-state index in [0.29, 0.717) is 6.42 Å². The van der Waals surface area contributed by atoms with Crippen molar-refractivity contribution in [3.8, 4) is 0 Å². The van der Waals surface area contributed by atoms with E-state index in [1.165, 1.54) is 64.2 Å². The monoisotopic (exact) mass is 613 g/mol. The summed E-state index contributed by atoms with van der Waals surface area (Å²) in [7, 11) is 0. The van der Waals surface area contributed by atoms with Crippen LogP contribution in [0.15, 0.2) is 60.8 Å². The van der Waals surface area contributed by atoms with Crippen molar-refractivity contribution in [1.82, 2.24) is 0 Å². The smallest absolute Gasteiger partial charge is 0.306 e. The van der Waals surface area contributed by atoms with Crippen molar-refractivity contribution in [1.29, 1.82) is 0 Å². The molecule has 0 radical (unpaired) electrons. The van der Waals surface area contributed by atoms with Gasteiger partial charge in [0.1, 0.15) is 6.10 Å². The molecule has 4 heteroatoms. The zero-order chi connectivity index (χ0) is 32.2. The van der Waals surface area contributed by atoms with Crippen molar-refractivity contribution in [2.24, 2.45) is 0 Å². The molecule has 0 aromatic carbocycles. The van der Waals surface area contributed by atoms with Gasteiger partial charge in [-0.2, -0.15) is 0 Å². The van der Waals surface area contributed by atoms with Gasteiger partial charge in [-0.25, -0.2) is 0 Å². The summed E-state index contributed by atoms with van der Waals surface area (Å²) >= 11 is 0. The van der Waals surface area contributed by atoms with Gasteiger partial charge in [0.05, 0.1) is 0 Å². The first-order chi connectivity index (χ1) is 21.6. The number of esters is 1. The number of unbranched alkanes of at least 4 members (excludes halogenated alkanes) is 15. The Morgan fingerprint density at radius 3 is 1.61 bits per heavy atom. The van der Waals surface area contributed by atoms with Crippen LogP contribution in [-0.2, 0) is 14.3 Å². The van der Waals surface area contributed by atoms with Crippen molar-refractivity contribution >= 4 is 11.9 Å².